The molecule has 0 saturated carbocycles. The molecule has 1 aromatic rings. The van der Waals surface area contributed by atoms with E-state index in [9.17, 15) is 0 Å². The van der Waals surface area contributed by atoms with Gasteiger partial charge in [0.1, 0.15) is 0 Å². The van der Waals surface area contributed by atoms with Crippen LogP contribution in [0.4, 0.5) is 0 Å². The van der Waals surface area contributed by atoms with Gasteiger partial charge in [-0.1, -0.05) is 17.7 Å². The summed E-state index contributed by atoms with van der Waals surface area (Å²) in [6, 6.07) is 6.67. The Morgan fingerprint density at radius 1 is 1.38 bits per heavy atom. The zero-order valence-electron chi connectivity index (χ0n) is 9.21. The van der Waals surface area contributed by atoms with E-state index in [1.807, 2.05) is 6.07 Å². The van der Waals surface area contributed by atoms with E-state index in [2.05, 4.69) is 17.4 Å². The highest BCUT2D eigenvalue weighted by atomic mass is 35.5. The lowest BCUT2D eigenvalue weighted by atomic mass is 9.92. The smallest absolute Gasteiger partial charge is 0.0980 e. The lowest BCUT2D eigenvalue weighted by Crippen LogP contribution is -2.33. The van der Waals surface area contributed by atoms with Gasteiger partial charge in [-0.25, -0.2) is 0 Å². The summed E-state index contributed by atoms with van der Waals surface area (Å²) < 4.78 is 5.92. The molecule has 86 valence electrons. The van der Waals surface area contributed by atoms with Crippen molar-refractivity contribution in [1.82, 2.24) is 5.32 Å². The number of halogens is 1. The standard InChI is InChI=1S/C13H16ClNO/c14-10-3-4-11-9(8-10)5-7-16-13(11)12-2-1-6-15-12/h3-4,8,12-13,15H,1-2,5-7H2/t12-,13+/m0/s1. The van der Waals surface area contributed by atoms with Gasteiger partial charge in [-0.2, -0.15) is 0 Å². The van der Waals surface area contributed by atoms with Crippen molar-refractivity contribution in [1.29, 1.82) is 0 Å². The molecule has 1 fully saturated rings. The predicted octanol–water partition coefficient (Wildman–Crippen LogP) is 2.71. The third-order valence-electron chi connectivity index (χ3n) is 3.54. The molecule has 2 aliphatic heterocycles. The summed E-state index contributed by atoms with van der Waals surface area (Å²) in [6.07, 6.45) is 3.68. The summed E-state index contributed by atoms with van der Waals surface area (Å²) in [5.41, 5.74) is 2.69. The monoisotopic (exact) mass is 237 g/mol. The molecule has 16 heavy (non-hydrogen) atoms. The van der Waals surface area contributed by atoms with Crippen molar-refractivity contribution in [2.75, 3.05) is 13.2 Å². The first kappa shape index (κ1) is 10.6. The molecular formula is C13H16ClNO. The highest BCUT2D eigenvalue weighted by Gasteiger charge is 2.30. The molecule has 3 heteroatoms. The lowest BCUT2D eigenvalue weighted by molar-refractivity contribution is 0.0199. The molecule has 0 radical (unpaired) electrons. The maximum atomic E-state index is 6.03. The fourth-order valence-electron chi connectivity index (χ4n) is 2.76. The Morgan fingerprint density at radius 2 is 2.31 bits per heavy atom. The molecule has 2 nitrogen and oxygen atoms in total. The van der Waals surface area contributed by atoms with E-state index in [-0.39, 0.29) is 6.10 Å². The van der Waals surface area contributed by atoms with Crippen molar-refractivity contribution < 1.29 is 4.74 Å². The predicted molar refractivity (Wildman–Crippen MR) is 64.9 cm³/mol. The number of hydrogen-bond acceptors (Lipinski definition) is 2. The van der Waals surface area contributed by atoms with Crippen molar-refractivity contribution in [3.05, 3.63) is 34.3 Å². The van der Waals surface area contributed by atoms with Gasteiger partial charge in [0.2, 0.25) is 0 Å². The van der Waals surface area contributed by atoms with Gasteiger partial charge in [0, 0.05) is 11.1 Å². The van der Waals surface area contributed by atoms with E-state index in [0.717, 1.165) is 24.6 Å². The molecule has 1 aromatic carbocycles. The van der Waals surface area contributed by atoms with Crippen LogP contribution in [0.2, 0.25) is 5.02 Å². The van der Waals surface area contributed by atoms with E-state index in [1.165, 1.54) is 24.0 Å². The SMILES string of the molecule is Clc1ccc2c(c1)CCO[C@H]2[C@@H]1CCCN1. The van der Waals surface area contributed by atoms with Crippen molar-refractivity contribution in [3.8, 4) is 0 Å². The zero-order chi connectivity index (χ0) is 11.0. The van der Waals surface area contributed by atoms with Gasteiger partial charge < -0.3 is 10.1 Å². The summed E-state index contributed by atoms with van der Waals surface area (Å²) >= 11 is 6.03. The molecule has 0 unspecified atom stereocenters. The molecule has 2 atom stereocenters. The number of benzene rings is 1. The Morgan fingerprint density at radius 3 is 3.12 bits per heavy atom. The summed E-state index contributed by atoms with van der Waals surface area (Å²) in [5, 5.41) is 4.36. The first-order chi connectivity index (χ1) is 7.84. The van der Waals surface area contributed by atoms with Gasteiger partial charge >= 0.3 is 0 Å². The minimum atomic E-state index is 0.225. The van der Waals surface area contributed by atoms with Crippen molar-refractivity contribution in [3.63, 3.8) is 0 Å². The Balaban J connectivity index is 1.93. The third kappa shape index (κ3) is 1.86. The normalized spacial score (nSPS) is 29.1. The second kappa shape index (κ2) is 4.36. The fraction of sp³-hybridized carbons (Fsp3) is 0.538. The van der Waals surface area contributed by atoms with Crippen LogP contribution in [0.25, 0.3) is 0 Å². The molecular weight excluding hydrogens is 222 g/mol. The van der Waals surface area contributed by atoms with Crippen LogP contribution in [0, 0.1) is 0 Å². The molecule has 2 aliphatic rings. The van der Waals surface area contributed by atoms with Crippen molar-refractivity contribution in [2.24, 2.45) is 0 Å². The quantitative estimate of drug-likeness (QED) is 0.811. The van der Waals surface area contributed by atoms with Crippen LogP contribution < -0.4 is 5.32 Å². The Kier molecular flexibility index (Phi) is 2.88. The van der Waals surface area contributed by atoms with Crippen LogP contribution in [-0.4, -0.2) is 19.2 Å². The van der Waals surface area contributed by atoms with E-state index in [1.54, 1.807) is 0 Å². The zero-order valence-corrected chi connectivity index (χ0v) is 9.96. The highest BCUT2D eigenvalue weighted by molar-refractivity contribution is 6.30. The second-order valence-corrected chi connectivity index (χ2v) is 5.02. The summed E-state index contributed by atoms with van der Waals surface area (Å²) in [4.78, 5) is 0. The summed E-state index contributed by atoms with van der Waals surface area (Å²) in [7, 11) is 0. The van der Waals surface area contributed by atoms with Gasteiger partial charge in [-0.3, -0.25) is 0 Å². The number of fused-ring (bicyclic) bond motifs is 1. The molecule has 0 spiro atoms. The van der Waals surface area contributed by atoms with Gasteiger partial charge in [-0.15, -0.1) is 0 Å². The molecule has 0 bridgehead atoms. The molecule has 1 saturated heterocycles. The molecule has 0 amide bonds. The van der Waals surface area contributed by atoms with E-state index in [4.69, 9.17) is 16.3 Å². The van der Waals surface area contributed by atoms with Crippen molar-refractivity contribution in [2.45, 2.75) is 31.4 Å². The minimum Gasteiger partial charge on any atom is -0.372 e. The Hall–Kier alpha value is -0.570. The summed E-state index contributed by atoms with van der Waals surface area (Å²) in [5.74, 6) is 0. The molecule has 0 aromatic heterocycles. The molecule has 3 rings (SSSR count). The second-order valence-electron chi connectivity index (χ2n) is 4.59. The molecule has 1 N–H and O–H groups in total. The first-order valence-corrected chi connectivity index (χ1v) is 6.36. The lowest BCUT2D eigenvalue weighted by Gasteiger charge is -2.30. The van der Waals surface area contributed by atoms with E-state index in [0.29, 0.717) is 6.04 Å². The number of nitrogens with one attached hydrogen (secondary N) is 1. The number of hydrogen-bond donors (Lipinski definition) is 1. The minimum absolute atomic E-state index is 0.225. The highest BCUT2D eigenvalue weighted by Crippen LogP contribution is 2.33. The van der Waals surface area contributed by atoms with Gasteiger partial charge in [0.05, 0.1) is 12.7 Å². The maximum absolute atomic E-state index is 6.03. The Labute approximate surface area is 101 Å². The van der Waals surface area contributed by atoms with E-state index >= 15 is 0 Å². The van der Waals surface area contributed by atoms with Crippen molar-refractivity contribution >= 4 is 11.6 Å². The van der Waals surface area contributed by atoms with Crippen LogP contribution in [0.15, 0.2) is 18.2 Å². The maximum Gasteiger partial charge on any atom is 0.0980 e. The van der Waals surface area contributed by atoms with Crippen LogP contribution in [0.5, 0.6) is 0 Å². The number of rotatable bonds is 1. The topological polar surface area (TPSA) is 21.3 Å². The fourth-order valence-corrected chi connectivity index (χ4v) is 2.95. The van der Waals surface area contributed by atoms with Gasteiger partial charge in [0.15, 0.2) is 0 Å². The van der Waals surface area contributed by atoms with Crippen LogP contribution in [-0.2, 0) is 11.2 Å². The third-order valence-corrected chi connectivity index (χ3v) is 3.78. The average Bonchev–Trinajstić information content (AvgIpc) is 2.81. The van der Waals surface area contributed by atoms with Gasteiger partial charge in [0.25, 0.3) is 0 Å². The van der Waals surface area contributed by atoms with Crippen LogP contribution in [0.1, 0.15) is 30.1 Å². The molecule has 0 aliphatic carbocycles. The first-order valence-electron chi connectivity index (χ1n) is 5.98. The summed E-state index contributed by atoms with van der Waals surface area (Å²) in [6.45, 7) is 1.93. The van der Waals surface area contributed by atoms with Crippen LogP contribution >= 0.6 is 11.6 Å². The molecule has 2 heterocycles. The van der Waals surface area contributed by atoms with E-state index < -0.39 is 0 Å². The Bertz CT molecular complexity index is 388. The number of ether oxygens (including phenoxy) is 1. The van der Waals surface area contributed by atoms with Crippen LogP contribution in [0.3, 0.4) is 0 Å². The largest absolute Gasteiger partial charge is 0.372 e. The van der Waals surface area contributed by atoms with Gasteiger partial charge in [-0.05, 0) is 49.1 Å². The average molecular weight is 238 g/mol.